The number of nitrogens with zero attached hydrogens (tertiary/aromatic N) is 1. The summed E-state index contributed by atoms with van der Waals surface area (Å²) in [5.41, 5.74) is -0.182. The van der Waals surface area contributed by atoms with Gasteiger partial charge in [0.05, 0.1) is 11.2 Å². The zero-order valence-corrected chi connectivity index (χ0v) is 22.4. The number of hydrogen-bond donors (Lipinski definition) is 2. The lowest BCUT2D eigenvalue weighted by Crippen LogP contribution is -2.50. The maximum absolute atomic E-state index is 13.4. The van der Waals surface area contributed by atoms with Gasteiger partial charge in [0.2, 0.25) is 0 Å². The van der Waals surface area contributed by atoms with Crippen molar-refractivity contribution in [3.05, 3.63) is 106 Å². The average Bonchev–Trinajstić information content (AvgIpc) is 3.18. The van der Waals surface area contributed by atoms with Gasteiger partial charge in [0.15, 0.2) is 5.13 Å². The van der Waals surface area contributed by atoms with E-state index in [9.17, 15) is 31.1 Å². The predicted molar refractivity (Wildman–Crippen MR) is 141 cm³/mol. The fraction of sp³-hybridized carbons (Fsp3) is 0.214. The molecule has 2 N–H and O–H groups in total. The van der Waals surface area contributed by atoms with Crippen LogP contribution in [-0.4, -0.2) is 23.7 Å². The van der Waals surface area contributed by atoms with Crippen molar-refractivity contribution in [2.45, 2.75) is 38.5 Å². The molecule has 0 saturated carbocycles. The van der Waals surface area contributed by atoms with E-state index in [4.69, 9.17) is 0 Å². The van der Waals surface area contributed by atoms with Crippen LogP contribution in [0.25, 0.3) is 0 Å². The largest absolute Gasteiger partial charge is 0.573 e. The van der Waals surface area contributed by atoms with E-state index >= 15 is 0 Å². The summed E-state index contributed by atoms with van der Waals surface area (Å²) in [6.45, 7) is 3.57. The lowest BCUT2D eigenvalue weighted by molar-refractivity contribution is -0.275. The highest BCUT2D eigenvalue weighted by Gasteiger charge is 2.39. The van der Waals surface area contributed by atoms with Crippen molar-refractivity contribution in [3.63, 3.8) is 0 Å². The summed E-state index contributed by atoms with van der Waals surface area (Å²) in [5, 5.41) is 5.70. The molecule has 6 nitrogen and oxygen atoms in total. The third-order valence-corrected chi connectivity index (χ3v) is 7.00. The van der Waals surface area contributed by atoms with Crippen LogP contribution in [0, 0.1) is 13.8 Å². The first kappa shape index (κ1) is 29.7. The Bertz CT molecular complexity index is 1430. The zero-order chi connectivity index (χ0) is 29.8. The van der Waals surface area contributed by atoms with Crippen LogP contribution >= 0.6 is 11.3 Å². The van der Waals surface area contributed by atoms with Crippen LogP contribution in [0.1, 0.15) is 27.3 Å². The summed E-state index contributed by atoms with van der Waals surface area (Å²) in [6, 6.07) is 17.6. The van der Waals surface area contributed by atoms with Gasteiger partial charge in [-0.3, -0.25) is 5.32 Å². The molecule has 1 heterocycles. The number of thiazole rings is 1. The van der Waals surface area contributed by atoms with E-state index in [-0.39, 0.29) is 22.7 Å². The minimum absolute atomic E-state index is 0.0673. The van der Waals surface area contributed by atoms with Crippen molar-refractivity contribution < 1.29 is 40.6 Å². The molecule has 0 unspecified atom stereocenters. The molecule has 0 saturated heterocycles. The molecule has 4 aromatic rings. The minimum atomic E-state index is -5.01. The Labute approximate surface area is 234 Å². The van der Waals surface area contributed by atoms with Crippen LogP contribution in [-0.2, 0) is 12.0 Å². The first-order valence-electron chi connectivity index (χ1n) is 12.0. The number of anilines is 1. The predicted octanol–water partition coefficient (Wildman–Crippen LogP) is 7.87. The van der Waals surface area contributed by atoms with Crippen LogP contribution < -0.4 is 20.1 Å². The number of hydrogen-bond acceptors (Lipinski definition) is 5. The number of aromatic nitrogens is 1. The fourth-order valence-corrected chi connectivity index (χ4v) is 5.04. The van der Waals surface area contributed by atoms with E-state index in [0.717, 1.165) is 29.1 Å². The van der Waals surface area contributed by atoms with E-state index in [1.807, 2.05) is 6.92 Å². The lowest BCUT2D eigenvalue weighted by atomic mass is 9.77. The summed E-state index contributed by atoms with van der Waals surface area (Å²) in [4.78, 5) is 18.6. The Kier molecular flexibility index (Phi) is 8.47. The molecule has 41 heavy (non-hydrogen) atoms. The van der Waals surface area contributed by atoms with Crippen molar-refractivity contribution in [2.75, 3.05) is 5.32 Å². The third kappa shape index (κ3) is 7.91. The summed E-state index contributed by atoms with van der Waals surface area (Å²) in [5.74, 6) is -1.16. The summed E-state index contributed by atoms with van der Waals surface area (Å²) in [7, 11) is 0. The van der Waals surface area contributed by atoms with Crippen molar-refractivity contribution in [1.29, 1.82) is 0 Å². The second-order valence-corrected chi connectivity index (χ2v) is 10.2. The molecule has 216 valence electrons. The average molecular weight is 596 g/mol. The van der Waals surface area contributed by atoms with Crippen molar-refractivity contribution >= 4 is 22.5 Å². The molecule has 4 rings (SSSR count). The van der Waals surface area contributed by atoms with Crippen LogP contribution in [0.2, 0.25) is 0 Å². The monoisotopic (exact) mass is 595 g/mol. The Hall–Kier alpha value is -4.26. The number of alkyl halides is 6. The quantitative estimate of drug-likeness (QED) is 0.204. The van der Waals surface area contributed by atoms with E-state index in [0.29, 0.717) is 11.3 Å². The standard InChI is InChI=1S/C28H23F6N3O3S/c1-17-18(2)41-25(35-17)36-24(38)37-26(16-19-8-4-3-5-9-19,20-10-6-12-22(14-20)39-27(29,30)31)21-11-7-13-23(15-21)40-28(32,33)34/h3-15H,16H2,1-2H3,(H2,35,36,37,38). The first-order valence-corrected chi connectivity index (χ1v) is 12.8. The van der Waals surface area contributed by atoms with Gasteiger partial charge in [0, 0.05) is 11.3 Å². The number of halogens is 6. The number of benzene rings is 3. The van der Waals surface area contributed by atoms with Gasteiger partial charge in [-0.15, -0.1) is 37.7 Å². The molecule has 0 spiro atoms. The molecule has 3 aromatic carbocycles. The highest BCUT2D eigenvalue weighted by atomic mass is 32.1. The van der Waals surface area contributed by atoms with E-state index < -0.39 is 35.8 Å². The molecule has 0 atom stereocenters. The van der Waals surface area contributed by atoms with Gasteiger partial charge in [-0.25, -0.2) is 9.78 Å². The number of rotatable bonds is 8. The number of carbonyl (C=O) groups is 1. The second kappa shape index (κ2) is 11.7. The number of amides is 2. The van der Waals surface area contributed by atoms with Gasteiger partial charge in [0.25, 0.3) is 0 Å². The third-order valence-electron chi connectivity index (χ3n) is 6.01. The molecule has 2 amide bonds. The SMILES string of the molecule is Cc1nc(NC(=O)NC(Cc2ccccc2)(c2cccc(OC(F)(F)F)c2)c2cccc(OC(F)(F)F)c2)sc1C. The minimum Gasteiger partial charge on any atom is -0.406 e. The first-order chi connectivity index (χ1) is 19.2. The van der Waals surface area contributed by atoms with Crippen molar-refractivity contribution in [1.82, 2.24) is 10.3 Å². The Morgan fingerprint density at radius 2 is 1.34 bits per heavy atom. The molecule has 0 aliphatic heterocycles. The van der Waals surface area contributed by atoms with E-state index in [1.54, 1.807) is 37.3 Å². The molecule has 0 radical (unpaired) electrons. The Morgan fingerprint density at radius 1 is 0.805 bits per heavy atom. The zero-order valence-electron chi connectivity index (χ0n) is 21.6. The molecular formula is C28H23F6N3O3S. The van der Waals surface area contributed by atoms with Gasteiger partial charge >= 0.3 is 18.8 Å². The molecular weight excluding hydrogens is 572 g/mol. The van der Waals surface area contributed by atoms with Gasteiger partial charge in [-0.2, -0.15) is 0 Å². The second-order valence-electron chi connectivity index (χ2n) is 8.96. The summed E-state index contributed by atoms with van der Waals surface area (Å²) < 4.78 is 86.9. The maximum atomic E-state index is 13.4. The number of ether oxygens (including phenoxy) is 2. The van der Waals surface area contributed by atoms with E-state index in [2.05, 4.69) is 25.1 Å². The van der Waals surface area contributed by atoms with Crippen LogP contribution in [0.5, 0.6) is 11.5 Å². The van der Waals surface area contributed by atoms with Gasteiger partial charge in [-0.05, 0) is 54.8 Å². The van der Waals surface area contributed by atoms with Crippen LogP contribution in [0.3, 0.4) is 0 Å². The highest BCUT2D eigenvalue weighted by Crippen LogP contribution is 2.38. The highest BCUT2D eigenvalue weighted by molar-refractivity contribution is 7.15. The van der Waals surface area contributed by atoms with E-state index in [1.165, 1.54) is 35.6 Å². The van der Waals surface area contributed by atoms with Gasteiger partial charge in [0.1, 0.15) is 11.5 Å². The number of carbonyl (C=O) groups excluding carboxylic acids is 1. The molecule has 0 bridgehead atoms. The molecule has 0 fully saturated rings. The smallest absolute Gasteiger partial charge is 0.406 e. The van der Waals surface area contributed by atoms with Gasteiger partial charge < -0.3 is 14.8 Å². The van der Waals surface area contributed by atoms with Gasteiger partial charge in [-0.1, -0.05) is 54.6 Å². The Morgan fingerprint density at radius 3 is 1.80 bits per heavy atom. The van der Waals surface area contributed by atoms with Crippen LogP contribution in [0.15, 0.2) is 78.9 Å². The van der Waals surface area contributed by atoms with Crippen LogP contribution in [0.4, 0.5) is 36.3 Å². The van der Waals surface area contributed by atoms with Crippen molar-refractivity contribution in [2.24, 2.45) is 0 Å². The normalized spacial score (nSPS) is 12.1. The molecule has 1 aromatic heterocycles. The fourth-order valence-electron chi connectivity index (χ4n) is 4.23. The molecule has 0 aliphatic rings. The Balaban J connectivity index is 1.89. The maximum Gasteiger partial charge on any atom is 0.573 e. The summed E-state index contributed by atoms with van der Waals surface area (Å²) in [6.07, 6.45) is -10.1. The number of nitrogens with one attached hydrogen (secondary N) is 2. The molecule has 0 aliphatic carbocycles. The number of urea groups is 1. The number of aryl methyl sites for hydroxylation is 2. The topological polar surface area (TPSA) is 72.5 Å². The summed E-state index contributed by atoms with van der Waals surface area (Å²) >= 11 is 1.21. The van der Waals surface area contributed by atoms with Crippen molar-refractivity contribution in [3.8, 4) is 11.5 Å². The lowest BCUT2D eigenvalue weighted by Gasteiger charge is -2.37. The molecule has 13 heteroatoms.